The zero-order chi connectivity index (χ0) is 13.5. The Morgan fingerprint density at radius 3 is 2.47 bits per heavy atom. The summed E-state index contributed by atoms with van der Waals surface area (Å²) in [6, 6.07) is 15.1. The van der Waals surface area contributed by atoms with E-state index in [1.807, 2.05) is 24.0 Å². The van der Waals surface area contributed by atoms with Crippen LogP contribution in [-0.2, 0) is 12.2 Å². The van der Waals surface area contributed by atoms with Gasteiger partial charge in [0.25, 0.3) is 0 Å². The largest absolute Gasteiger partial charge is 0.261 e. The molecule has 0 atom stereocenters. The summed E-state index contributed by atoms with van der Waals surface area (Å²) in [5.41, 5.74) is 4.02. The molecule has 1 nitrogen and oxygen atoms in total. The Morgan fingerprint density at radius 2 is 1.84 bits per heavy atom. The van der Waals surface area contributed by atoms with Gasteiger partial charge >= 0.3 is 0 Å². The molecular formula is C17H21NS. The Balaban J connectivity index is 1.74. The van der Waals surface area contributed by atoms with Crippen molar-refractivity contribution in [1.29, 1.82) is 0 Å². The lowest BCUT2D eigenvalue weighted by Crippen LogP contribution is -1.93. The van der Waals surface area contributed by atoms with Crippen molar-refractivity contribution in [3.63, 3.8) is 0 Å². The van der Waals surface area contributed by atoms with Crippen LogP contribution < -0.4 is 0 Å². The molecule has 0 amide bonds. The fraction of sp³-hybridized carbons (Fsp3) is 0.353. The monoisotopic (exact) mass is 271 g/mol. The molecule has 0 aliphatic heterocycles. The first-order valence-electron chi connectivity index (χ1n) is 6.82. The summed E-state index contributed by atoms with van der Waals surface area (Å²) >= 11 is 1.98. The molecule has 0 fully saturated rings. The van der Waals surface area contributed by atoms with Crippen molar-refractivity contribution in [3.8, 4) is 0 Å². The summed E-state index contributed by atoms with van der Waals surface area (Å²) in [5.74, 6) is 2.83. The Kier molecular flexibility index (Phi) is 5.46. The molecule has 2 aromatic rings. The number of rotatable bonds is 6. The fourth-order valence-electron chi connectivity index (χ4n) is 1.91. The highest BCUT2D eigenvalue weighted by molar-refractivity contribution is 7.98. The molecule has 0 saturated heterocycles. The number of hydrogen-bond acceptors (Lipinski definition) is 2. The van der Waals surface area contributed by atoms with Gasteiger partial charge in [0.05, 0.1) is 0 Å². The summed E-state index contributed by atoms with van der Waals surface area (Å²) in [6.07, 6.45) is 2.92. The van der Waals surface area contributed by atoms with E-state index in [2.05, 4.69) is 55.2 Å². The lowest BCUT2D eigenvalue weighted by molar-refractivity contribution is 0.866. The number of hydrogen-bond donors (Lipinski definition) is 0. The fourth-order valence-corrected chi connectivity index (χ4v) is 2.84. The third-order valence-corrected chi connectivity index (χ3v) is 4.17. The number of thioether (sulfide) groups is 1. The second kappa shape index (κ2) is 7.34. The molecular weight excluding hydrogens is 250 g/mol. The van der Waals surface area contributed by atoms with Crippen molar-refractivity contribution in [3.05, 3.63) is 65.5 Å². The molecule has 100 valence electrons. The molecule has 1 aromatic heterocycles. The van der Waals surface area contributed by atoms with Crippen molar-refractivity contribution < 1.29 is 0 Å². The van der Waals surface area contributed by atoms with Crippen LogP contribution in [0.15, 0.2) is 48.7 Å². The quantitative estimate of drug-likeness (QED) is 0.707. The van der Waals surface area contributed by atoms with Crippen LogP contribution in [-0.4, -0.2) is 10.7 Å². The molecule has 0 aliphatic carbocycles. The molecule has 2 heteroatoms. The molecule has 1 heterocycles. The SMILES string of the molecule is CC(C)c1ccc(CSCCc2ccccn2)cc1. The molecule has 0 radical (unpaired) electrons. The van der Waals surface area contributed by atoms with E-state index in [0.29, 0.717) is 5.92 Å². The van der Waals surface area contributed by atoms with Crippen LogP contribution in [0.5, 0.6) is 0 Å². The van der Waals surface area contributed by atoms with E-state index >= 15 is 0 Å². The zero-order valence-corrected chi connectivity index (χ0v) is 12.5. The van der Waals surface area contributed by atoms with Crippen molar-refractivity contribution in [2.45, 2.75) is 31.9 Å². The van der Waals surface area contributed by atoms with E-state index in [9.17, 15) is 0 Å². The molecule has 0 bridgehead atoms. The summed E-state index contributed by atoms with van der Waals surface area (Å²) < 4.78 is 0. The van der Waals surface area contributed by atoms with E-state index < -0.39 is 0 Å². The van der Waals surface area contributed by atoms with Gasteiger partial charge in [-0.15, -0.1) is 0 Å². The van der Waals surface area contributed by atoms with Gasteiger partial charge in [-0.05, 0) is 41.4 Å². The van der Waals surface area contributed by atoms with Crippen molar-refractivity contribution in [1.82, 2.24) is 4.98 Å². The predicted octanol–water partition coefficient (Wildman–Crippen LogP) is 4.68. The van der Waals surface area contributed by atoms with Crippen LogP contribution in [0.1, 0.15) is 36.6 Å². The van der Waals surface area contributed by atoms with Gasteiger partial charge < -0.3 is 0 Å². The Bertz CT molecular complexity index is 476. The first-order chi connectivity index (χ1) is 9.25. The van der Waals surface area contributed by atoms with Gasteiger partial charge in [0.1, 0.15) is 0 Å². The molecule has 0 saturated carbocycles. The van der Waals surface area contributed by atoms with Gasteiger partial charge in [-0.1, -0.05) is 44.2 Å². The lowest BCUT2D eigenvalue weighted by Gasteiger charge is -2.07. The Labute approximate surface area is 120 Å². The van der Waals surface area contributed by atoms with Gasteiger partial charge in [0, 0.05) is 17.6 Å². The topological polar surface area (TPSA) is 12.9 Å². The summed E-state index contributed by atoms with van der Waals surface area (Å²) in [4.78, 5) is 4.34. The molecule has 1 aromatic carbocycles. The Hall–Kier alpha value is -1.28. The number of nitrogens with zero attached hydrogens (tertiary/aromatic N) is 1. The first-order valence-corrected chi connectivity index (χ1v) is 7.97. The van der Waals surface area contributed by atoms with Gasteiger partial charge in [-0.25, -0.2) is 0 Å². The maximum Gasteiger partial charge on any atom is 0.0411 e. The van der Waals surface area contributed by atoms with Gasteiger partial charge in [-0.2, -0.15) is 11.8 Å². The van der Waals surface area contributed by atoms with E-state index in [-0.39, 0.29) is 0 Å². The molecule has 19 heavy (non-hydrogen) atoms. The van der Waals surface area contributed by atoms with E-state index in [0.717, 1.165) is 17.9 Å². The number of pyridine rings is 1. The molecule has 2 rings (SSSR count). The molecule has 0 N–H and O–H groups in total. The highest BCUT2D eigenvalue weighted by atomic mass is 32.2. The molecule has 0 unspecified atom stereocenters. The highest BCUT2D eigenvalue weighted by Gasteiger charge is 1.99. The lowest BCUT2D eigenvalue weighted by atomic mass is 10.0. The van der Waals surface area contributed by atoms with E-state index in [4.69, 9.17) is 0 Å². The van der Waals surface area contributed by atoms with E-state index in [1.165, 1.54) is 16.8 Å². The van der Waals surface area contributed by atoms with Crippen molar-refractivity contribution in [2.24, 2.45) is 0 Å². The van der Waals surface area contributed by atoms with Gasteiger partial charge in [0.2, 0.25) is 0 Å². The van der Waals surface area contributed by atoms with Crippen LogP contribution in [0.25, 0.3) is 0 Å². The minimum Gasteiger partial charge on any atom is -0.261 e. The second-order valence-corrected chi connectivity index (χ2v) is 6.13. The smallest absolute Gasteiger partial charge is 0.0411 e. The normalized spacial score (nSPS) is 10.9. The minimum absolute atomic E-state index is 0.617. The van der Waals surface area contributed by atoms with Crippen LogP contribution in [0, 0.1) is 0 Å². The van der Waals surface area contributed by atoms with Crippen LogP contribution in [0.2, 0.25) is 0 Å². The molecule has 0 aliphatic rings. The third kappa shape index (κ3) is 4.71. The van der Waals surface area contributed by atoms with Gasteiger partial charge in [-0.3, -0.25) is 4.98 Å². The van der Waals surface area contributed by atoms with Crippen LogP contribution in [0.4, 0.5) is 0 Å². The first kappa shape index (κ1) is 14.1. The summed E-state index contributed by atoms with van der Waals surface area (Å²) in [5, 5.41) is 0. The predicted molar refractivity (Wildman–Crippen MR) is 84.6 cm³/mol. The maximum absolute atomic E-state index is 4.34. The minimum atomic E-state index is 0.617. The average molecular weight is 271 g/mol. The van der Waals surface area contributed by atoms with E-state index in [1.54, 1.807) is 0 Å². The summed E-state index contributed by atoms with van der Waals surface area (Å²) in [6.45, 7) is 4.47. The number of aryl methyl sites for hydroxylation is 1. The third-order valence-electron chi connectivity index (χ3n) is 3.14. The Morgan fingerprint density at radius 1 is 1.05 bits per heavy atom. The van der Waals surface area contributed by atoms with Crippen LogP contribution in [0.3, 0.4) is 0 Å². The highest BCUT2D eigenvalue weighted by Crippen LogP contribution is 2.18. The van der Waals surface area contributed by atoms with Crippen LogP contribution >= 0.6 is 11.8 Å². The second-order valence-electron chi connectivity index (χ2n) is 5.02. The van der Waals surface area contributed by atoms with Crippen molar-refractivity contribution in [2.75, 3.05) is 5.75 Å². The maximum atomic E-state index is 4.34. The number of aromatic nitrogens is 1. The summed E-state index contributed by atoms with van der Waals surface area (Å²) in [7, 11) is 0. The molecule has 0 spiro atoms. The standard InChI is InChI=1S/C17H21NS/c1-14(2)16-8-6-15(7-9-16)13-19-12-10-17-5-3-4-11-18-17/h3-9,11,14H,10,12-13H2,1-2H3. The zero-order valence-electron chi connectivity index (χ0n) is 11.7. The van der Waals surface area contributed by atoms with Gasteiger partial charge in [0.15, 0.2) is 0 Å². The average Bonchev–Trinajstić information content (AvgIpc) is 2.45. The van der Waals surface area contributed by atoms with Crippen molar-refractivity contribution >= 4 is 11.8 Å². The number of benzene rings is 1.